The number of nitrogens with one attached hydrogen (secondary N) is 1. The zero-order valence-corrected chi connectivity index (χ0v) is 15.6. The number of sulfonamides is 1. The average Bonchev–Trinajstić information content (AvgIpc) is 3.00. The summed E-state index contributed by atoms with van der Waals surface area (Å²) in [4.78, 5) is 14.6. The van der Waals surface area contributed by atoms with E-state index in [1.807, 2.05) is 6.92 Å². The maximum atomic E-state index is 12.5. The molecule has 0 unspecified atom stereocenters. The summed E-state index contributed by atoms with van der Waals surface area (Å²) in [5, 5.41) is -0.267. The van der Waals surface area contributed by atoms with E-state index >= 15 is 0 Å². The lowest BCUT2D eigenvalue weighted by atomic mass is 10.1. The molecular weight excluding hydrogens is 352 g/mol. The van der Waals surface area contributed by atoms with Gasteiger partial charge in [-0.1, -0.05) is 24.0 Å². The third kappa shape index (κ3) is 5.47. The smallest absolute Gasteiger partial charge is 0.229 e. The lowest BCUT2D eigenvalue weighted by Crippen LogP contribution is -2.27. The minimum absolute atomic E-state index is 0.0116. The minimum Gasteiger partial charge on any atom is -0.358 e. The van der Waals surface area contributed by atoms with E-state index in [1.54, 1.807) is 24.3 Å². The fourth-order valence-corrected chi connectivity index (χ4v) is 4.39. The van der Waals surface area contributed by atoms with Crippen molar-refractivity contribution in [2.75, 3.05) is 24.1 Å². The Labute approximate surface area is 146 Å². The number of benzene rings is 1. The molecule has 0 bridgehead atoms. The number of Topliss-reactive ketones (excluding diaryl/α,β-unsaturated/α-hetero) is 1. The molecule has 0 saturated carbocycles. The third-order valence-corrected chi connectivity index (χ3v) is 5.66. The first-order valence-corrected chi connectivity index (χ1v) is 10.5. The van der Waals surface area contributed by atoms with Crippen LogP contribution in [0.3, 0.4) is 0 Å². The van der Waals surface area contributed by atoms with Crippen molar-refractivity contribution in [1.82, 2.24) is 4.90 Å². The van der Waals surface area contributed by atoms with Crippen molar-refractivity contribution in [3.63, 3.8) is 0 Å². The molecule has 0 aromatic heterocycles. The molecule has 1 aliphatic rings. The van der Waals surface area contributed by atoms with Crippen molar-refractivity contribution in [2.24, 2.45) is 0 Å². The van der Waals surface area contributed by atoms with Crippen LogP contribution in [0.4, 0.5) is 5.69 Å². The topological polar surface area (TPSA) is 66.5 Å². The van der Waals surface area contributed by atoms with Gasteiger partial charge in [0.2, 0.25) is 10.0 Å². The van der Waals surface area contributed by atoms with Gasteiger partial charge in [-0.25, -0.2) is 8.42 Å². The van der Waals surface area contributed by atoms with Gasteiger partial charge in [-0.05, 0) is 44.0 Å². The summed E-state index contributed by atoms with van der Waals surface area (Å²) in [6, 6.07) is 6.44. The van der Waals surface area contributed by atoms with Crippen molar-refractivity contribution in [3.8, 4) is 0 Å². The first-order chi connectivity index (χ1) is 10.8. The Morgan fingerprint density at radius 2 is 1.83 bits per heavy atom. The van der Waals surface area contributed by atoms with E-state index < -0.39 is 10.0 Å². The van der Waals surface area contributed by atoms with Crippen LogP contribution in [0, 0.1) is 0 Å². The number of rotatable bonds is 5. The molecule has 1 aromatic rings. The number of thioether (sulfide) groups is 1. The molecule has 0 spiro atoms. The Morgan fingerprint density at radius 3 is 2.35 bits per heavy atom. The second-order valence-corrected chi connectivity index (χ2v) is 9.26. The fourth-order valence-electron chi connectivity index (χ4n) is 2.33. The summed E-state index contributed by atoms with van der Waals surface area (Å²) in [6.07, 6.45) is 3.39. The van der Waals surface area contributed by atoms with Crippen molar-refractivity contribution in [2.45, 2.75) is 25.0 Å². The standard InChI is InChI=1S/C15H20N2O3S3/c1-11(22-15(21)17-9-3-4-10-17)14(18)12-5-7-13(8-6-12)16-23(2,19)20/h5-8,11,16H,3-4,9-10H2,1-2H3/t11-/m1/s1. The van der Waals surface area contributed by atoms with Crippen molar-refractivity contribution in [1.29, 1.82) is 0 Å². The Morgan fingerprint density at radius 1 is 1.26 bits per heavy atom. The molecule has 8 heteroatoms. The van der Waals surface area contributed by atoms with Crippen LogP contribution in [-0.4, -0.2) is 48.0 Å². The summed E-state index contributed by atoms with van der Waals surface area (Å²) in [6.45, 7) is 3.79. The van der Waals surface area contributed by atoms with Crippen LogP contribution in [0.5, 0.6) is 0 Å². The molecule has 1 fully saturated rings. The number of carbonyl (C=O) groups is 1. The maximum absolute atomic E-state index is 12.5. The lowest BCUT2D eigenvalue weighted by molar-refractivity contribution is 0.0994. The van der Waals surface area contributed by atoms with Crippen molar-refractivity contribution >= 4 is 49.8 Å². The molecule has 0 aliphatic carbocycles. The number of ketones is 1. The monoisotopic (exact) mass is 372 g/mol. The van der Waals surface area contributed by atoms with Crippen LogP contribution in [0.2, 0.25) is 0 Å². The largest absolute Gasteiger partial charge is 0.358 e. The highest BCUT2D eigenvalue weighted by Gasteiger charge is 2.22. The number of hydrogen-bond donors (Lipinski definition) is 1. The van der Waals surface area contributed by atoms with Gasteiger partial charge in [0.15, 0.2) is 5.78 Å². The molecule has 0 radical (unpaired) electrons. The normalized spacial score (nSPS) is 16.2. The molecule has 2 rings (SSSR count). The van der Waals surface area contributed by atoms with Crippen LogP contribution < -0.4 is 4.72 Å². The van der Waals surface area contributed by atoms with Crippen LogP contribution >= 0.6 is 24.0 Å². The van der Waals surface area contributed by atoms with Gasteiger partial charge in [0.05, 0.1) is 11.5 Å². The Kier molecular flexibility index (Phi) is 6.05. The summed E-state index contributed by atoms with van der Waals surface area (Å²) in [7, 11) is -3.31. The zero-order valence-electron chi connectivity index (χ0n) is 13.1. The summed E-state index contributed by atoms with van der Waals surface area (Å²) < 4.78 is 25.5. The highest BCUT2D eigenvalue weighted by Crippen LogP contribution is 2.23. The number of carbonyl (C=O) groups excluding carboxylic acids is 1. The molecule has 23 heavy (non-hydrogen) atoms. The lowest BCUT2D eigenvalue weighted by Gasteiger charge is -2.20. The van der Waals surface area contributed by atoms with Gasteiger partial charge in [-0.3, -0.25) is 9.52 Å². The van der Waals surface area contributed by atoms with Crippen LogP contribution in [0.25, 0.3) is 0 Å². The van der Waals surface area contributed by atoms with Gasteiger partial charge in [0, 0.05) is 24.3 Å². The Bertz CT molecular complexity index is 680. The predicted molar refractivity (Wildman–Crippen MR) is 99.7 cm³/mol. The van der Waals surface area contributed by atoms with E-state index in [1.165, 1.54) is 11.8 Å². The second kappa shape index (κ2) is 7.63. The van der Waals surface area contributed by atoms with Gasteiger partial charge >= 0.3 is 0 Å². The van der Waals surface area contributed by atoms with Crippen LogP contribution in [0.1, 0.15) is 30.1 Å². The van der Waals surface area contributed by atoms with Gasteiger partial charge in [0.25, 0.3) is 0 Å². The highest BCUT2D eigenvalue weighted by molar-refractivity contribution is 8.23. The van der Waals surface area contributed by atoms with E-state index in [9.17, 15) is 13.2 Å². The van der Waals surface area contributed by atoms with Crippen molar-refractivity contribution in [3.05, 3.63) is 29.8 Å². The van der Waals surface area contributed by atoms with Crippen molar-refractivity contribution < 1.29 is 13.2 Å². The molecule has 0 amide bonds. The highest BCUT2D eigenvalue weighted by atomic mass is 32.2. The number of hydrogen-bond acceptors (Lipinski definition) is 5. The average molecular weight is 373 g/mol. The maximum Gasteiger partial charge on any atom is 0.229 e. The summed E-state index contributed by atoms with van der Waals surface area (Å²) >= 11 is 6.81. The van der Waals surface area contributed by atoms with Crippen LogP contribution in [-0.2, 0) is 10.0 Å². The summed E-state index contributed by atoms with van der Waals surface area (Å²) in [5.41, 5.74) is 0.991. The Balaban J connectivity index is 1.97. The van der Waals surface area contributed by atoms with Gasteiger partial charge in [0.1, 0.15) is 4.32 Å². The third-order valence-electron chi connectivity index (χ3n) is 3.48. The molecule has 1 N–H and O–H groups in total. The quantitative estimate of drug-likeness (QED) is 0.633. The van der Waals surface area contributed by atoms with E-state index in [4.69, 9.17) is 12.2 Å². The van der Waals surface area contributed by atoms with Crippen LogP contribution in [0.15, 0.2) is 24.3 Å². The van der Waals surface area contributed by atoms with Gasteiger partial charge in [-0.15, -0.1) is 0 Å². The molecule has 5 nitrogen and oxygen atoms in total. The number of likely N-dealkylation sites (tertiary alicyclic amines) is 1. The Hall–Kier alpha value is -1.12. The molecular formula is C15H20N2O3S3. The van der Waals surface area contributed by atoms with Gasteiger partial charge in [-0.2, -0.15) is 0 Å². The molecule has 1 aromatic carbocycles. The number of thiocarbonyl (C=S) groups is 1. The molecule has 1 aliphatic heterocycles. The first-order valence-electron chi connectivity index (χ1n) is 7.34. The number of nitrogens with zero attached hydrogens (tertiary/aromatic N) is 1. The zero-order chi connectivity index (χ0) is 17.0. The second-order valence-electron chi connectivity index (χ2n) is 5.54. The first kappa shape index (κ1) is 18.2. The van der Waals surface area contributed by atoms with E-state index in [-0.39, 0.29) is 11.0 Å². The fraction of sp³-hybridized carbons (Fsp3) is 0.467. The molecule has 126 valence electrons. The number of anilines is 1. The van der Waals surface area contributed by atoms with E-state index in [0.717, 1.165) is 36.5 Å². The van der Waals surface area contributed by atoms with Gasteiger partial charge < -0.3 is 4.90 Å². The SMILES string of the molecule is C[C@@H](SC(=S)N1CCCC1)C(=O)c1ccc(NS(C)(=O)=O)cc1. The minimum atomic E-state index is -3.31. The van der Waals surface area contributed by atoms with E-state index in [0.29, 0.717) is 11.3 Å². The predicted octanol–water partition coefficient (Wildman–Crippen LogP) is 2.74. The molecule has 1 saturated heterocycles. The summed E-state index contributed by atoms with van der Waals surface area (Å²) in [5.74, 6) is -0.0116. The molecule has 1 heterocycles. The molecule has 1 atom stereocenters. The van der Waals surface area contributed by atoms with E-state index in [2.05, 4.69) is 9.62 Å².